The highest BCUT2D eigenvalue weighted by atomic mass is 32.2. The minimum Gasteiger partial charge on any atom is -0.467 e. The van der Waals surface area contributed by atoms with Crippen LogP contribution in [0.5, 0.6) is 0 Å². The summed E-state index contributed by atoms with van der Waals surface area (Å²) in [6.07, 6.45) is -2.11. The summed E-state index contributed by atoms with van der Waals surface area (Å²) in [4.78, 5) is 23.8. The van der Waals surface area contributed by atoms with E-state index in [1.54, 1.807) is 32.9 Å². The maximum atomic E-state index is 12.4. The quantitative estimate of drug-likeness (QED) is 0.588. The van der Waals surface area contributed by atoms with E-state index in [9.17, 15) is 18.0 Å². The van der Waals surface area contributed by atoms with Crippen LogP contribution in [0.25, 0.3) is 0 Å². The van der Waals surface area contributed by atoms with E-state index in [4.69, 9.17) is 8.92 Å². The van der Waals surface area contributed by atoms with Gasteiger partial charge in [0.1, 0.15) is 11.7 Å². The Hall–Kier alpha value is -2.13. The molecule has 0 spiro atoms. The molecule has 1 aromatic rings. The first-order chi connectivity index (χ1) is 11.9. The fourth-order valence-electron chi connectivity index (χ4n) is 1.95. The minimum absolute atomic E-state index is 0.0594. The van der Waals surface area contributed by atoms with Crippen LogP contribution in [0.3, 0.4) is 0 Å². The molecule has 1 aromatic carbocycles. The van der Waals surface area contributed by atoms with Gasteiger partial charge < -0.3 is 14.8 Å². The molecule has 146 valence electrons. The summed E-state index contributed by atoms with van der Waals surface area (Å²) in [5.74, 6) is -0.859. The Labute approximate surface area is 153 Å². The summed E-state index contributed by atoms with van der Waals surface area (Å²) >= 11 is 0. The molecule has 1 rings (SSSR count). The number of alkyl carbamates (subject to hydrolysis) is 1. The number of hydrogen-bond acceptors (Lipinski definition) is 7. The number of carbonyl (C=O) groups is 2. The number of carbonyl (C=O) groups excluding carboxylic acids is 2. The van der Waals surface area contributed by atoms with E-state index in [2.05, 4.69) is 10.1 Å². The molecule has 0 aliphatic heterocycles. The van der Waals surface area contributed by atoms with Crippen LogP contribution < -0.4 is 5.32 Å². The third kappa shape index (κ3) is 6.64. The van der Waals surface area contributed by atoms with Gasteiger partial charge in [-0.15, -0.1) is 0 Å². The summed E-state index contributed by atoms with van der Waals surface area (Å²) in [6, 6.07) is 4.67. The molecular weight excluding hydrogens is 362 g/mol. The highest BCUT2D eigenvalue weighted by molar-refractivity contribution is 7.86. The predicted octanol–water partition coefficient (Wildman–Crippen LogP) is 2.16. The van der Waals surface area contributed by atoms with Gasteiger partial charge in [-0.25, -0.2) is 9.59 Å². The fraction of sp³-hybridized carbons (Fsp3) is 0.529. The number of benzene rings is 1. The third-order valence-electron chi connectivity index (χ3n) is 3.18. The largest absolute Gasteiger partial charge is 0.467 e. The number of esters is 1. The van der Waals surface area contributed by atoms with Crippen molar-refractivity contribution in [1.29, 1.82) is 0 Å². The molecule has 0 bridgehead atoms. The molecule has 0 saturated carbocycles. The predicted molar refractivity (Wildman–Crippen MR) is 94.1 cm³/mol. The molecule has 0 aliphatic rings. The van der Waals surface area contributed by atoms with Gasteiger partial charge in [-0.05, 0) is 46.8 Å². The lowest BCUT2D eigenvalue weighted by atomic mass is 10.2. The maximum Gasteiger partial charge on any atom is 0.408 e. The number of rotatable bonds is 6. The Morgan fingerprint density at radius 2 is 1.65 bits per heavy atom. The van der Waals surface area contributed by atoms with Gasteiger partial charge in [-0.3, -0.25) is 4.18 Å². The van der Waals surface area contributed by atoms with Crippen molar-refractivity contribution in [2.24, 2.45) is 0 Å². The summed E-state index contributed by atoms with van der Waals surface area (Å²) in [7, 11) is -3.02. The standard InChI is InChI=1S/C17H25NO7S/c1-11-7-9-13(10-8-11)26(21,22)25-12(2)14(15(19)23-6)18-16(20)24-17(3,4)5/h7-10,12,14H,1-6H3,(H,18,20)/t12?,14-/m0/s1. The molecule has 26 heavy (non-hydrogen) atoms. The molecule has 9 heteroatoms. The lowest BCUT2D eigenvalue weighted by molar-refractivity contribution is -0.145. The number of nitrogens with one attached hydrogen (secondary N) is 1. The van der Waals surface area contributed by atoms with Gasteiger partial charge in [0.25, 0.3) is 10.1 Å². The van der Waals surface area contributed by atoms with Crippen molar-refractivity contribution in [2.45, 2.75) is 57.3 Å². The molecule has 1 unspecified atom stereocenters. The second-order valence-electron chi connectivity index (χ2n) is 6.72. The SMILES string of the molecule is COC(=O)[C@@H](NC(=O)OC(C)(C)C)C(C)OS(=O)(=O)c1ccc(C)cc1. The van der Waals surface area contributed by atoms with Crippen molar-refractivity contribution in [2.75, 3.05) is 7.11 Å². The van der Waals surface area contributed by atoms with Crippen molar-refractivity contribution < 1.29 is 31.7 Å². The Balaban J connectivity index is 2.95. The highest BCUT2D eigenvalue weighted by Crippen LogP contribution is 2.17. The maximum absolute atomic E-state index is 12.4. The monoisotopic (exact) mass is 387 g/mol. The molecule has 0 saturated heterocycles. The molecule has 0 aliphatic carbocycles. The summed E-state index contributed by atoms with van der Waals surface area (Å²) in [6.45, 7) is 8.12. The molecule has 1 N–H and O–H groups in total. The highest BCUT2D eigenvalue weighted by Gasteiger charge is 2.34. The van der Waals surface area contributed by atoms with Crippen LogP contribution in [0.4, 0.5) is 4.79 Å². The normalized spacial score (nSPS) is 14.2. The zero-order valence-corrected chi connectivity index (χ0v) is 16.5. The summed E-state index contributed by atoms with van der Waals surface area (Å²) < 4.78 is 39.5. The number of ether oxygens (including phenoxy) is 2. The van der Waals surface area contributed by atoms with Crippen LogP contribution in [0.2, 0.25) is 0 Å². The van der Waals surface area contributed by atoms with Crippen molar-refractivity contribution in [3.8, 4) is 0 Å². The Kier molecular flexibility index (Phi) is 7.16. The fourth-order valence-corrected chi connectivity index (χ4v) is 3.04. The zero-order valence-electron chi connectivity index (χ0n) is 15.7. The average molecular weight is 387 g/mol. The average Bonchev–Trinajstić information content (AvgIpc) is 2.50. The van der Waals surface area contributed by atoms with E-state index < -0.39 is 39.9 Å². The van der Waals surface area contributed by atoms with E-state index in [1.807, 2.05) is 6.92 Å². The van der Waals surface area contributed by atoms with Crippen molar-refractivity contribution >= 4 is 22.2 Å². The van der Waals surface area contributed by atoms with E-state index in [0.29, 0.717) is 0 Å². The van der Waals surface area contributed by atoms with Gasteiger partial charge in [-0.1, -0.05) is 17.7 Å². The molecule has 0 aromatic heterocycles. The van der Waals surface area contributed by atoms with Crippen molar-refractivity contribution in [1.82, 2.24) is 5.32 Å². The topological polar surface area (TPSA) is 108 Å². The van der Waals surface area contributed by atoms with Crippen LogP contribution in [0, 0.1) is 6.92 Å². The van der Waals surface area contributed by atoms with Gasteiger partial charge >= 0.3 is 12.1 Å². The molecule has 2 atom stereocenters. The summed E-state index contributed by atoms with van der Waals surface area (Å²) in [5, 5.41) is 2.28. The molecule has 0 heterocycles. The van der Waals surface area contributed by atoms with Gasteiger partial charge in [0.15, 0.2) is 6.04 Å². The van der Waals surface area contributed by atoms with Crippen LogP contribution in [-0.2, 0) is 28.6 Å². The first-order valence-electron chi connectivity index (χ1n) is 7.93. The molecule has 0 fully saturated rings. The van der Waals surface area contributed by atoms with Crippen LogP contribution in [0.1, 0.15) is 33.3 Å². The van der Waals surface area contributed by atoms with Gasteiger partial charge in [0.2, 0.25) is 0 Å². The smallest absolute Gasteiger partial charge is 0.408 e. The van der Waals surface area contributed by atoms with Gasteiger partial charge in [-0.2, -0.15) is 8.42 Å². The zero-order chi connectivity index (χ0) is 20.1. The first-order valence-corrected chi connectivity index (χ1v) is 9.34. The van der Waals surface area contributed by atoms with E-state index in [1.165, 1.54) is 19.1 Å². The lowest BCUT2D eigenvalue weighted by Crippen LogP contribution is -2.51. The van der Waals surface area contributed by atoms with Gasteiger partial charge in [0.05, 0.1) is 12.0 Å². The second kappa shape index (κ2) is 8.50. The van der Waals surface area contributed by atoms with Crippen LogP contribution in [0.15, 0.2) is 29.2 Å². The molecule has 8 nitrogen and oxygen atoms in total. The van der Waals surface area contributed by atoms with Crippen LogP contribution in [-0.4, -0.2) is 45.3 Å². The number of aryl methyl sites for hydroxylation is 1. The molecular formula is C17H25NO7S. The lowest BCUT2D eigenvalue weighted by Gasteiger charge is -2.25. The second-order valence-corrected chi connectivity index (χ2v) is 8.29. The van der Waals surface area contributed by atoms with Crippen molar-refractivity contribution in [3.05, 3.63) is 29.8 Å². The Morgan fingerprint density at radius 1 is 1.12 bits per heavy atom. The Bertz CT molecular complexity index is 735. The minimum atomic E-state index is -4.13. The van der Waals surface area contributed by atoms with E-state index in [0.717, 1.165) is 12.7 Å². The van der Waals surface area contributed by atoms with Crippen LogP contribution >= 0.6 is 0 Å². The number of hydrogen-bond donors (Lipinski definition) is 1. The number of methoxy groups -OCH3 is 1. The van der Waals surface area contributed by atoms with E-state index in [-0.39, 0.29) is 4.90 Å². The third-order valence-corrected chi connectivity index (χ3v) is 4.59. The van der Waals surface area contributed by atoms with Crippen molar-refractivity contribution in [3.63, 3.8) is 0 Å². The van der Waals surface area contributed by atoms with E-state index >= 15 is 0 Å². The Morgan fingerprint density at radius 3 is 2.12 bits per heavy atom. The van der Waals surface area contributed by atoms with Gasteiger partial charge in [0, 0.05) is 0 Å². The number of amides is 1. The first kappa shape index (κ1) is 21.9. The molecule has 0 radical (unpaired) electrons. The molecule has 1 amide bonds. The summed E-state index contributed by atoms with van der Waals surface area (Å²) in [5.41, 5.74) is 0.0963.